The second-order valence-electron chi connectivity index (χ2n) is 4.44. The van der Waals surface area contributed by atoms with Gasteiger partial charge in [0.2, 0.25) is 5.95 Å². The molecule has 2 aromatic carbocycles. The zero-order valence-electron chi connectivity index (χ0n) is 11.7. The van der Waals surface area contributed by atoms with Crippen LogP contribution in [-0.4, -0.2) is 27.4 Å². The third kappa shape index (κ3) is 2.71. The van der Waals surface area contributed by atoms with Crippen molar-refractivity contribution in [2.75, 3.05) is 12.4 Å². The number of aromatic amines is 1. The first-order chi connectivity index (χ1) is 10.7. The summed E-state index contributed by atoms with van der Waals surface area (Å²) < 4.78 is 17.2. The largest absolute Gasteiger partial charge is 0.453 e. The Morgan fingerprint density at radius 2 is 1.95 bits per heavy atom. The molecule has 0 fully saturated rings. The Morgan fingerprint density at radius 3 is 2.68 bits per heavy atom. The molecule has 1 aromatic heterocycles. The number of ether oxygens (including phenoxy) is 1. The fraction of sp³-hybridized carbons (Fsp3) is 0.0667. The highest BCUT2D eigenvalue weighted by Gasteiger charge is 2.15. The molecule has 0 aliphatic heterocycles. The van der Waals surface area contributed by atoms with Gasteiger partial charge >= 0.3 is 6.09 Å². The number of hydrogen-bond acceptors (Lipinski definition) is 4. The second kappa shape index (κ2) is 5.98. The van der Waals surface area contributed by atoms with Gasteiger partial charge in [-0.3, -0.25) is 5.32 Å². The molecule has 1 heterocycles. The summed E-state index contributed by atoms with van der Waals surface area (Å²) in [6.07, 6.45) is -0.621. The van der Waals surface area contributed by atoms with Crippen molar-refractivity contribution >= 4 is 33.9 Å². The normalized spacial score (nSPS) is 12.0. The van der Waals surface area contributed by atoms with E-state index in [1.807, 2.05) is 18.2 Å². The molecule has 2 N–H and O–H groups in total. The number of carbonyl (C=O) groups is 1. The summed E-state index contributed by atoms with van der Waals surface area (Å²) in [5.41, 5.74) is 1.24. The Labute approximate surface area is 129 Å². The molecule has 1 amide bonds. The maximum Gasteiger partial charge on any atom is 0.413 e. The first kappa shape index (κ1) is 14.3. The Morgan fingerprint density at radius 1 is 1.18 bits per heavy atom. The van der Waals surface area contributed by atoms with Crippen LogP contribution in [0.15, 0.2) is 58.3 Å². The number of hydrogen-bond donors (Lipinski definition) is 2. The third-order valence-corrected chi connectivity index (χ3v) is 4.47. The van der Waals surface area contributed by atoms with E-state index in [0.717, 1.165) is 0 Å². The number of H-pyrrole nitrogens is 1. The SMILES string of the molecule is COC(=O)Nc1nc2c(S(=O)c3ccccc3)cccc2[nH]1. The van der Waals surface area contributed by atoms with Crippen LogP contribution in [0.5, 0.6) is 0 Å². The van der Waals surface area contributed by atoms with Gasteiger partial charge in [0.1, 0.15) is 5.52 Å². The number of carbonyl (C=O) groups excluding carboxylic acids is 1. The van der Waals surface area contributed by atoms with Gasteiger partial charge in [-0.1, -0.05) is 24.3 Å². The number of methoxy groups -OCH3 is 1. The van der Waals surface area contributed by atoms with Gasteiger partial charge in [-0.05, 0) is 24.3 Å². The summed E-state index contributed by atoms with van der Waals surface area (Å²) in [7, 11) is -0.0773. The summed E-state index contributed by atoms with van der Waals surface area (Å²) in [5.74, 6) is 0.249. The highest BCUT2D eigenvalue weighted by molar-refractivity contribution is 7.85. The van der Waals surface area contributed by atoms with Crippen LogP contribution in [-0.2, 0) is 15.5 Å². The first-order valence-electron chi connectivity index (χ1n) is 6.49. The van der Waals surface area contributed by atoms with Crippen LogP contribution < -0.4 is 5.32 Å². The van der Waals surface area contributed by atoms with Crippen LogP contribution in [0.4, 0.5) is 10.7 Å². The molecule has 1 atom stereocenters. The predicted molar refractivity (Wildman–Crippen MR) is 83.2 cm³/mol. The summed E-state index contributed by atoms with van der Waals surface area (Å²) >= 11 is 0. The predicted octanol–water partition coefficient (Wildman–Crippen LogP) is 2.91. The average molecular weight is 315 g/mol. The van der Waals surface area contributed by atoms with Crippen LogP contribution in [0.3, 0.4) is 0 Å². The van der Waals surface area contributed by atoms with Gasteiger partial charge < -0.3 is 9.72 Å². The number of fused-ring (bicyclic) bond motifs is 1. The number of aromatic nitrogens is 2. The van der Waals surface area contributed by atoms with E-state index >= 15 is 0 Å². The fourth-order valence-electron chi connectivity index (χ4n) is 2.03. The van der Waals surface area contributed by atoms with Gasteiger partial charge in [-0.15, -0.1) is 0 Å². The smallest absolute Gasteiger partial charge is 0.413 e. The molecule has 0 saturated heterocycles. The number of nitrogens with one attached hydrogen (secondary N) is 2. The number of imidazole rings is 1. The quantitative estimate of drug-likeness (QED) is 0.778. The average Bonchev–Trinajstić information content (AvgIpc) is 2.97. The molecule has 0 saturated carbocycles. The lowest BCUT2D eigenvalue weighted by Gasteiger charge is -2.02. The number of rotatable bonds is 3. The molecule has 3 aromatic rings. The lowest BCUT2D eigenvalue weighted by Crippen LogP contribution is -2.11. The lowest BCUT2D eigenvalue weighted by molar-refractivity contribution is 0.186. The monoisotopic (exact) mass is 315 g/mol. The van der Waals surface area contributed by atoms with Crippen LogP contribution in [0.1, 0.15) is 0 Å². The van der Waals surface area contributed by atoms with E-state index in [9.17, 15) is 9.00 Å². The van der Waals surface area contributed by atoms with Crippen LogP contribution in [0, 0.1) is 0 Å². The van der Waals surface area contributed by atoms with Crippen molar-refractivity contribution in [3.8, 4) is 0 Å². The molecule has 7 heteroatoms. The maximum atomic E-state index is 12.7. The Balaban J connectivity index is 2.03. The molecular weight excluding hydrogens is 302 g/mol. The zero-order valence-corrected chi connectivity index (χ0v) is 12.5. The molecule has 0 radical (unpaired) electrons. The zero-order chi connectivity index (χ0) is 15.5. The van der Waals surface area contributed by atoms with E-state index in [0.29, 0.717) is 20.8 Å². The second-order valence-corrected chi connectivity index (χ2v) is 5.88. The molecule has 0 aliphatic carbocycles. The molecule has 3 rings (SSSR count). The molecule has 6 nitrogen and oxygen atoms in total. The van der Waals surface area contributed by atoms with Crippen molar-refractivity contribution in [2.45, 2.75) is 9.79 Å². The van der Waals surface area contributed by atoms with Crippen LogP contribution in [0.25, 0.3) is 11.0 Å². The van der Waals surface area contributed by atoms with Gasteiger partial charge in [-0.25, -0.2) is 14.0 Å². The Kier molecular flexibility index (Phi) is 3.88. The Bertz CT molecular complexity index is 846. The fourth-order valence-corrected chi connectivity index (χ4v) is 3.23. The minimum atomic E-state index is -1.35. The van der Waals surface area contributed by atoms with E-state index in [-0.39, 0.29) is 5.95 Å². The molecule has 0 aliphatic rings. The lowest BCUT2D eigenvalue weighted by atomic mass is 10.3. The standard InChI is InChI=1S/C15H13N3O3S/c1-21-15(19)18-14-16-11-8-5-9-12(13(11)17-14)22(20)10-6-3-2-4-7-10/h2-9H,1H3,(H2,16,17,18,19). The number of amides is 1. The van der Waals surface area contributed by atoms with Gasteiger partial charge in [0.15, 0.2) is 0 Å². The van der Waals surface area contributed by atoms with Crippen molar-refractivity contribution in [3.63, 3.8) is 0 Å². The maximum absolute atomic E-state index is 12.7. The third-order valence-electron chi connectivity index (χ3n) is 3.04. The number of anilines is 1. The van der Waals surface area contributed by atoms with Crippen LogP contribution >= 0.6 is 0 Å². The van der Waals surface area contributed by atoms with E-state index in [1.54, 1.807) is 30.3 Å². The van der Waals surface area contributed by atoms with Crippen LogP contribution in [0.2, 0.25) is 0 Å². The molecule has 22 heavy (non-hydrogen) atoms. The van der Waals surface area contributed by atoms with Crippen molar-refractivity contribution in [1.29, 1.82) is 0 Å². The van der Waals surface area contributed by atoms with Crippen molar-refractivity contribution in [2.24, 2.45) is 0 Å². The summed E-state index contributed by atoms with van der Waals surface area (Å²) in [5, 5.41) is 2.46. The molecule has 0 bridgehead atoms. The van der Waals surface area contributed by atoms with E-state index < -0.39 is 16.9 Å². The molecular formula is C15H13N3O3S. The van der Waals surface area contributed by atoms with Gasteiger partial charge in [0.25, 0.3) is 0 Å². The summed E-state index contributed by atoms with van der Waals surface area (Å²) in [6.45, 7) is 0. The van der Waals surface area contributed by atoms with Crippen molar-refractivity contribution in [3.05, 3.63) is 48.5 Å². The van der Waals surface area contributed by atoms with Gasteiger partial charge in [0.05, 0.1) is 28.3 Å². The van der Waals surface area contributed by atoms with E-state index in [4.69, 9.17) is 0 Å². The van der Waals surface area contributed by atoms with Gasteiger partial charge in [-0.2, -0.15) is 0 Å². The molecule has 112 valence electrons. The molecule has 0 spiro atoms. The summed E-state index contributed by atoms with van der Waals surface area (Å²) in [4.78, 5) is 19.8. The Hall–Kier alpha value is -2.67. The number of benzene rings is 2. The minimum Gasteiger partial charge on any atom is -0.453 e. The van der Waals surface area contributed by atoms with Crippen molar-refractivity contribution in [1.82, 2.24) is 9.97 Å². The van der Waals surface area contributed by atoms with E-state index in [2.05, 4.69) is 20.0 Å². The highest BCUT2D eigenvalue weighted by atomic mass is 32.2. The first-order valence-corrected chi connectivity index (χ1v) is 7.64. The number of para-hydroxylation sites is 1. The summed E-state index contributed by atoms with van der Waals surface area (Å²) in [6, 6.07) is 14.5. The topological polar surface area (TPSA) is 84.1 Å². The minimum absolute atomic E-state index is 0.249. The van der Waals surface area contributed by atoms with E-state index in [1.165, 1.54) is 7.11 Å². The highest BCUT2D eigenvalue weighted by Crippen LogP contribution is 2.25. The van der Waals surface area contributed by atoms with Crippen molar-refractivity contribution < 1.29 is 13.7 Å². The molecule has 1 unspecified atom stereocenters. The van der Waals surface area contributed by atoms with Gasteiger partial charge in [0, 0.05) is 4.90 Å². The number of nitrogens with zero attached hydrogens (tertiary/aromatic N) is 1.